The maximum Gasteiger partial charge on any atom is 0.317 e. The van der Waals surface area contributed by atoms with Gasteiger partial charge in [0.1, 0.15) is 5.82 Å². The van der Waals surface area contributed by atoms with Crippen LogP contribution in [0.3, 0.4) is 0 Å². The highest BCUT2D eigenvalue weighted by Gasteiger charge is 2.28. The second-order valence-corrected chi connectivity index (χ2v) is 6.29. The van der Waals surface area contributed by atoms with E-state index in [1.54, 1.807) is 7.05 Å². The first-order chi connectivity index (χ1) is 10.7. The van der Waals surface area contributed by atoms with Gasteiger partial charge in [0.05, 0.1) is 0 Å². The lowest BCUT2D eigenvalue weighted by Crippen LogP contribution is -2.43. The van der Waals surface area contributed by atoms with Crippen LogP contribution in [-0.4, -0.2) is 53.8 Å². The zero-order valence-electron chi connectivity index (χ0n) is 13.5. The summed E-state index contributed by atoms with van der Waals surface area (Å²) in [5.41, 5.74) is 1.24. The molecule has 0 aromatic carbocycles. The summed E-state index contributed by atoms with van der Waals surface area (Å²) in [5, 5.41) is 2.71. The number of imidazole rings is 1. The normalized spacial score (nSPS) is 21.1. The van der Waals surface area contributed by atoms with Crippen molar-refractivity contribution in [2.45, 2.75) is 44.6 Å². The predicted molar refractivity (Wildman–Crippen MR) is 84.1 cm³/mol. The number of hydrogen-bond donors (Lipinski definition) is 1. The molecule has 1 N–H and O–H groups in total. The van der Waals surface area contributed by atoms with Crippen molar-refractivity contribution in [3.63, 3.8) is 0 Å². The quantitative estimate of drug-likeness (QED) is 0.910. The number of amides is 2. The van der Waals surface area contributed by atoms with E-state index >= 15 is 0 Å². The summed E-state index contributed by atoms with van der Waals surface area (Å²) >= 11 is 0. The third kappa shape index (κ3) is 2.97. The number of rotatable bonds is 2. The van der Waals surface area contributed by atoms with Crippen molar-refractivity contribution >= 4 is 6.03 Å². The Balaban J connectivity index is 1.72. The van der Waals surface area contributed by atoms with Crippen molar-refractivity contribution in [1.29, 1.82) is 0 Å². The van der Waals surface area contributed by atoms with Crippen molar-refractivity contribution in [3.05, 3.63) is 17.7 Å². The number of aryl methyl sites for hydroxylation is 1. The first-order valence-electron chi connectivity index (χ1n) is 8.29. The maximum absolute atomic E-state index is 11.7. The molecular weight excluding hydrogens is 280 g/mol. The van der Waals surface area contributed by atoms with Gasteiger partial charge in [-0.2, -0.15) is 0 Å². The van der Waals surface area contributed by atoms with Gasteiger partial charge in [-0.25, -0.2) is 9.78 Å². The van der Waals surface area contributed by atoms with E-state index in [0.29, 0.717) is 12.0 Å². The highest BCUT2D eigenvalue weighted by molar-refractivity contribution is 5.73. The Kier molecular flexibility index (Phi) is 4.66. The number of carbonyl (C=O) groups excluding carboxylic acids is 1. The van der Waals surface area contributed by atoms with Crippen molar-refractivity contribution in [2.24, 2.45) is 0 Å². The van der Waals surface area contributed by atoms with Crippen LogP contribution in [0.2, 0.25) is 0 Å². The highest BCUT2D eigenvalue weighted by atomic mass is 16.5. The molecule has 0 spiro atoms. The summed E-state index contributed by atoms with van der Waals surface area (Å²) in [4.78, 5) is 18.3. The van der Waals surface area contributed by atoms with Crippen LogP contribution in [0.5, 0.6) is 0 Å². The lowest BCUT2D eigenvalue weighted by Gasteiger charge is -2.34. The third-order valence-corrected chi connectivity index (χ3v) is 4.93. The van der Waals surface area contributed by atoms with Crippen LogP contribution in [0, 0.1) is 6.92 Å². The van der Waals surface area contributed by atoms with Gasteiger partial charge in [-0.05, 0) is 32.6 Å². The number of ether oxygens (including phenoxy) is 1. The second kappa shape index (κ2) is 6.69. The Morgan fingerprint density at radius 2 is 1.95 bits per heavy atom. The van der Waals surface area contributed by atoms with Crippen LogP contribution < -0.4 is 5.32 Å². The molecule has 122 valence electrons. The van der Waals surface area contributed by atoms with Crippen LogP contribution in [0.1, 0.15) is 49.2 Å². The number of aromatic nitrogens is 2. The third-order valence-electron chi connectivity index (χ3n) is 4.93. The topological polar surface area (TPSA) is 59.4 Å². The molecule has 0 aliphatic carbocycles. The standard InChI is InChI=1S/C16H26N4O2/c1-12-11-18-15(13-5-9-22-10-6-13)20(12)14-3-7-19(8-4-14)16(21)17-2/h11,13-14H,3-10H2,1-2H3,(H,17,21). The van der Waals surface area contributed by atoms with Gasteiger partial charge in [-0.3, -0.25) is 0 Å². The molecular formula is C16H26N4O2. The van der Waals surface area contributed by atoms with Crippen LogP contribution >= 0.6 is 0 Å². The molecule has 2 aliphatic heterocycles. The molecule has 0 bridgehead atoms. The smallest absolute Gasteiger partial charge is 0.317 e. The maximum atomic E-state index is 11.7. The van der Waals surface area contributed by atoms with Gasteiger partial charge in [0, 0.05) is 57.2 Å². The fourth-order valence-electron chi connectivity index (χ4n) is 3.68. The molecule has 2 aliphatic rings. The SMILES string of the molecule is CNC(=O)N1CCC(n2c(C)cnc2C2CCOCC2)CC1. The number of likely N-dealkylation sites (tertiary alicyclic amines) is 1. The molecule has 0 radical (unpaired) electrons. The number of urea groups is 1. The molecule has 1 aromatic rings. The van der Waals surface area contributed by atoms with Gasteiger partial charge < -0.3 is 19.5 Å². The molecule has 0 atom stereocenters. The van der Waals surface area contributed by atoms with Crippen LogP contribution in [-0.2, 0) is 4.74 Å². The molecule has 6 heteroatoms. The summed E-state index contributed by atoms with van der Waals surface area (Å²) in [6, 6.07) is 0.492. The molecule has 2 amide bonds. The molecule has 2 saturated heterocycles. The van der Waals surface area contributed by atoms with E-state index in [-0.39, 0.29) is 6.03 Å². The Bertz CT molecular complexity index is 514. The van der Waals surface area contributed by atoms with Gasteiger partial charge >= 0.3 is 6.03 Å². The van der Waals surface area contributed by atoms with Gasteiger partial charge in [0.15, 0.2) is 0 Å². The second-order valence-electron chi connectivity index (χ2n) is 6.29. The Morgan fingerprint density at radius 3 is 2.59 bits per heavy atom. The molecule has 22 heavy (non-hydrogen) atoms. The Morgan fingerprint density at radius 1 is 1.27 bits per heavy atom. The van der Waals surface area contributed by atoms with Crippen molar-refractivity contribution in [2.75, 3.05) is 33.4 Å². The summed E-state index contributed by atoms with van der Waals surface area (Å²) in [6.45, 7) is 5.45. The fraction of sp³-hybridized carbons (Fsp3) is 0.750. The van der Waals surface area contributed by atoms with Crippen molar-refractivity contribution in [1.82, 2.24) is 19.8 Å². The summed E-state index contributed by atoms with van der Waals surface area (Å²) < 4.78 is 7.91. The van der Waals surface area contributed by atoms with Crippen LogP contribution in [0.15, 0.2) is 6.20 Å². The lowest BCUT2D eigenvalue weighted by atomic mass is 9.97. The zero-order valence-corrected chi connectivity index (χ0v) is 13.5. The number of nitrogens with one attached hydrogen (secondary N) is 1. The molecule has 3 rings (SSSR count). The molecule has 2 fully saturated rings. The first-order valence-corrected chi connectivity index (χ1v) is 8.29. The van der Waals surface area contributed by atoms with E-state index in [4.69, 9.17) is 9.72 Å². The minimum atomic E-state index is 0.0328. The van der Waals surface area contributed by atoms with E-state index < -0.39 is 0 Å². The van der Waals surface area contributed by atoms with Crippen molar-refractivity contribution < 1.29 is 9.53 Å². The van der Waals surface area contributed by atoms with Gasteiger partial charge in [-0.15, -0.1) is 0 Å². The summed E-state index contributed by atoms with van der Waals surface area (Å²) in [6.07, 6.45) is 6.12. The highest BCUT2D eigenvalue weighted by Crippen LogP contribution is 2.32. The van der Waals surface area contributed by atoms with Crippen LogP contribution in [0.4, 0.5) is 4.79 Å². The lowest BCUT2D eigenvalue weighted by molar-refractivity contribution is 0.0818. The number of carbonyl (C=O) groups is 1. The monoisotopic (exact) mass is 306 g/mol. The molecule has 6 nitrogen and oxygen atoms in total. The summed E-state index contributed by atoms with van der Waals surface area (Å²) in [5.74, 6) is 1.73. The fourth-order valence-corrected chi connectivity index (χ4v) is 3.68. The Labute approximate surface area is 131 Å². The molecule has 0 unspecified atom stereocenters. The molecule has 1 aromatic heterocycles. The average Bonchev–Trinajstić information content (AvgIpc) is 2.96. The Hall–Kier alpha value is -1.56. The largest absolute Gasteiger partial charge is 0.381 e. The minimum absolute atomic E-state index is 0.0328. The van der Waals surface area contributed by atoms with Crippen molar-refractivity contribution in [3.8, 4) is 0 Å². The minimum Gasteiger partial charge on any atom is -0.381 e. The average molecular weight is 306 g/mol. The first kappa shape index (κ1) is 15.3. The number of piperidine rings is 1. The van der Waals surface area contributed by atoms with Crippen LogP contribution in [0.25, 0.3) is 0 Å². The predicted octanol–water partition coefficient (Wildman–Crippen LogP) is 2.06. The van der Waals surface area contributed by atoms with Gasteiger partial charge in [0.25, 0.3) is 0 Å². The van der Waals surface area contributed by atoms with E-state index in [0.717, 1.165) is 52.0 Å². The van der Waals surface area contributed by atoms with E-state index in [9.17, 15) is 4.79 Å². The number of nitrogens with zero attached hydrogens (tertiary/aromatic N) is 3. The van der Waals surface area contributed by atoms with E-state index in [1.807, 2.05) is 11.1 Å². The molecule has 3 heterocycles. The summed E-state index contributed by atoms with van der Waals surface area (Å²) in [7, 11) is 1.69. The zero-order chi connectivity index (χ0) is 15.5. The van der Waals surface area contributed by atoms with Gasteiger partial charge in [-0.1, -0.05) is 0 Å². The molecule has 0 saturated carbocycles. The van der Waals surface area contributed by atoms with Gasteiger partial charge in [0.2, 0.25) is 0 Å². The van der Waals surface area contributed by atoms with E-state index in [1.165, 1.54) is 11.5 Å². The number of hydrogen-bond acceptors (Lipinski definition) is 3. The van der Waals surface area contributed by atoms with E-state index in [2.05, 4.69) is 16.8 Å².